The highest BCUT2D eigenvalue weighted by Gasteiger charge is 2.27. The van der Waals surface area contributed by atoms with Crippen LogP contribution in [-0.2, 0) is 0 Å². The molecule has 1 aliphatic carbocycles. The smallest absolute Gasteiger partial charge is 0.289 e. The molecule has 1 aromatic carbocycles. The van der Waals surface area contributed by atoms with Crippen LogP contribution in [-0.4, -0.2) is 52.1 Å². The van der Waals surface area contributed by atoms with Crippen molar-refractivity contribution in [3.8, 4) is 0 Å². The zero-order valence-corrected chi connectivity index (χ0v) is 22.0. The third-order valence-corrected chi connectivity index (χ3v) is 5.64. The first-order valence-electron chi connectivity index (χ1n) is 11.4. The van der Waals surface area contributed by atoms with Gasteiger partial charge in [0.25, 0.3) is 5.91 Å². The van der Waals surface area contributed by atoms with E-state index in [1.807, 2.05) is 25.1 Å². The highest BCUT2D eigenvalue weighted by molar-refractivity contribution is 5.96. The average Bonchev–Trinajstić information content (AvgIpc) is 2.73. The van der Waals surface area contributed by atoms with Gasteiger partial charge in [0.2, 0.25) is 5.82 Å². The number of halogens is 2. The summed E-state index contributed by atoms with van der Waals surface area (Å²) in [5, 5.41) is 27.8. The van der Waals surface area contributed by atoms with Crippen molar-refractivity contribution in [3.63, 3.8) is 0 Å². The third-order valence-electron chi connectivity index (χ3n) is 5.64. The summed E-state index contributed by atoms with van der Waals surface area (Å²) >= 11 is 0. The third kappa shape index (κ3) is 8.25. The number of nitrogens with one attached hydrogen (secondary N) is 4. The first kappa shape index (κ1) is 29.9. The van der Waals surface area contributed by atoms with E-state index < -0.39 is 0 Å². The summed E-state index contributed by atoms with van der Waals surface area (Å²) in [4.78, 5) is 22.0. The molecular weight excluding hydrogens is 475 g/mol. The Morgan fingerprint density at radius 1 is 1.15 bits per heavy atom. The summed E-state index contributed by atoms with van der Waals surface area (Å²) in [7, 11) is 0. The normalized spacial score (nSPS) is 17.8. The lowest BCUT2D eigenvalue weighted by Gasteiger charge is -2.34. The van der Waals surface area contributed by atoms with Gasteiger partial charge in [0.05, 0.1) is 18.0 Å². The summed E-state index contributed by atoms with van der Waals surface area (Å²) < 4.78 is 0. The Bertz CT molecular complexity index is 980. The number of hydrogen-bond acceptors (Lipinski definition) is 6. The molecule has 1 aliphatic rings. The molecule has 1 saturated carbocycles. The summed E-state index contributed by atoms with van der Waals surface area (Å²) in [5.74, 6) is 0.860. The van der Waals surface area contributed by atoms with E-state index in [2.05, 4.69) is 46.7 Å². The van der Waals surface area contributed by atoms with E-state index in [-0.39, 0.29) is 60.7 Å². The fourth-order valence-corrected chi connectivity index (χ4v) is 3.94. The molecule has 2 atom stereocenters. The zero-order chi connectivity index (χ0) is 23.3. The molecule has 1 heterocycles. The van der Waals surface area contributed by atoms with Crippen molar-refractivity contribution < 1.29 is 9.90 Å². The van der Waals surface area contributed by atoms with Crippen molar-refractivity contribution in [3.05, 3.63) is 29.6 Å². The number of fused-ring (bicyclic) bond motifs is 1. The van der Waals surface area contributed by atoms with E-state index in [4.69, 9.17) is 10.5 Å². The molecule has 0 aliphatic heterocycles. The second-order valence-electron chi connectivity index (χ2n) is 9.90. The van der Waals surface area contributed by atoms with Gasteiger partial charge in [-0.2, -0.15) is 0 Å². The van der Waals surface area contributed by atoms with Gasteiger partial charge in [0.1, 0.15) is 5.82 Å². The number of amidine groups is 1. The molecule has 3 rings (SSSR count). The van der Waals surface area contributed by atoms with Gasteiger partial charge < -0.3 is 21.1 Å². The van der Waals surface area contributed by atoms with Crippen molar-refractivity contribution in [1.29, 1.82) is 5.41 Å². The van der Waals surface area contributed by atoms with Crippen molar-refractivity contribution >= 4 is 53.3 Å². The van der Waals surface area contributed by atoms with Crippen LogP contribution in [0.2, 0.25) is 0 Å². The number of anilines is 1. The van der Waals surface area contributed by atoms with Crippen LogP contribution in [0.25, 0.3) is 10.9 Å². The van der Waals surface area contributed by atoms with Crippen LogP contribution in [0.4, 0.5) is 5.82 Å². The number of aliphatic hydroxyl groups is 1. The van der Waals surface area contributed by atoms with E-state index in [9.17, 15) is 4.79 Å². The number of nitrogens with zero attached hydrogens (tertiary/aromatic N) is 2. The van der Waals surface area contributed by atoms with Crippen LogP contribution in [0, 0.1) is 17.7 Å². The van der Waals surface area contributed by atoms with Gasteiger partial charge in [0.15, 0.2) is 0 Å². The van der Waals surface area contributed by atoms with E-state index in [0.29, 0.717) is 24.6 Å². The van der Waals surface area contributed by atoms with Crippen molar-refractivity contribution in [2.75, 3.05) is 18.5 Å². The molecule has 1 amide bonds. The topological polar surface area (TPSA) is 123 Å². The zero-order valence-electron chi connectivity index (χ0n) is 20.4. The Kier molecular flexibility index (Phi) is 11.5. The van der Waals surface area contributed by atoms with E-state index in [1.165, 1.54) is 0 Å². The maximum Gasteiger partial charge on any atom is 0.289 e. The highest BCUT2D eigenvalue weighted by Crippen LogP contribution is 2.27. The minimum absolute atomic E-state index is 0. The first-order valence-corrected chi connectivity index (χ1v) is 11.4. The molecule has 5 N–H and O–H groups in total. The molecule has 8 nitrogen and oxygen atoms in total. The number of amides is 1. The van der Waals surface area contributed by atoms with Crippen molar-refractivity contribution in [2.45, 2.75) is 71.9 Å². The number of rotatable bonds is 7. The predicted molar refractivity (Wildman–Crippen MR) is 143 cm³/mol. The Hall–Kier alpha value is -2.16. The van der Waals surface area contributed by atoms with Crippen LogP contribution in [0.15, 0.2) is 18.2 Å². The fourth-order valence-electron chi connectivity index (χ4n) is 3.94. The summed E-state index contributed by atoms with van der Waals surface area (Å²) in [6, 6.07) is 6.07. The molecular formula is C24H38Cl2N6O2. The van der Waals surface area contributed by atoms with Crippen LogP contribution in [0.3, 0.4) is 0 Å². The maximum atomic E-state index is 12.8. The lowest BCUT2D eigenvalue weighted by atomic mass is 9.90. The summed E-state index contributed by atoms with van der Waals surface area (Å²) in [6.07, 6.45) is 4.37. The molecule has 34 heavy (non-hydrogen) atoms. The summed E-state index contributed by atoms with van der Waals surface area (Å²) in [6.45, 7) is 8.71. The molecule has 0 radical (unpaired) electrons. The molecule has 1 aromatic heterocycles. The second kappa shape index (κ2) is 13.1. The predicted octanol–water partition coefficient (Wildman–Crippen LogP) is 4.23. The van der Waals surface area contributed by atoms with Crippen LogP contribution < -0.4 is 16.0 Å². The summed E-state index contributed by atoms with van der Waals surface area (Å²) in [5.41, 5.74) is 1.78. The van der Waals surface area contributed by atoms with Gasteiger partial charge in [-0.25, -0.2) is 9.97 Å². The van der Waals surface area contributed by atoms with Gasteiger partial charge in [-0.1, -0.05) is 45.2 Å². The number of benzene rings is 1. The number of carbonyl (C=O) groups is 1. The number of hydrogen-bond donors (Lipinski definition) is 5. The Morgan fingerprint density at radius 3 is 2.47 bits per heavy atom. The average molecular weight is 514 g/mol. The van der Waals surface area contributed by atoms with E-state index in [0.717, 1.165) is 42.1 Å². The lowest BCUT2D eigenvalue weighted by molar-refractivity contribution is 0.0929. The van der Waals surface area contributed by atoms with Gasteiger partial charge in [0, 0.05) is 30.4 Å². The molecule has 0 bridgehead atoms. The van der Waals surface area contributed by atoms with Gasteiger partial charge >= 0.3 is 0 Å². The van der Waals surface area contributed by atoms with E-state index >= 15 is 0 Å². The number of aryl methyl sites for hydroxylation is 1. The van der Waals surface area contributed by atoms with Gasteiger partial charge in [-0.15, -0.1) is 24.8 Å². The van der Waals surface area contributed by atoms with Gasteiger partial charge in [-0.05, 0) is 37.3 Å². The molecule has 0 unspecified atom stereocenters. The SMILES string of the molecule is Cc1ccc2nc(C(=O)NCC(C)(C)C)nc(N[C@H]3CCCC[C@H]3NC(=N)CCO)c2c1.Cl.Cl. The molecule has 0 spiro atoms. The maximum absolute atomic E-state index is 12.8. The minimum atomic E-state index is -0.284. The Morgan fingerprint density at radius 2 is 1.82 bits per heavy atom. The van der Waals surface area contributed by atoms with Crippen LogP contribution in [0.5, 0.6) is 0 Å². The highest BCUT2D eigenvalue weighted by atomic mass is 35.5. The minimum Gasteiger partial charge on any atom is -0.396 e. The quantitative estimate of drug-likeness (QED) is 0.279. The van der Waals surface area contributed by atoms with Crippen LogP contribution >= 0.6 is 24.8 Å². The molecule has 10 heteroatoms. The lowest BCUT2D eigenvalue weighted by Crippen LogP contribution is -2.48. The Balaban J connectivity index is 0.00000289. The Labute approximate surface area is 214 Å². The number of aromatic nitrogens is 2. The monoisotopic (exact) mass is 512 g/mol. The molecule has 2 aromatic rings. The van der Waals surface area contributed by atoms with Crippen molar-refractivity contribution in [1.82, 2.24) is 20.6 Å². The van der Waals surface area contributed by atoms with E-state index in [1.54, 1.807) is 0 Å². The first-order chi connectivity index (χ1) is 15.2. The standard InChI is InChI=1S/C24H36N6O2.2ClH/c1-15-9-10-17-16(13-15)21(30-22(28-17)23(32)26-14-24(2,3)4)29-19-8-6-5-7-18(19)27-20(25)11-12-31;;/h9-10,13,18-19,31H,5-8,11-12,14H2,1-4H3,(H2,25,27)(H,26,32)(H,28,29,30);2*1H/t18-,19+;;/m1../s1. The molecule has 1 fully saturated rings. The largest absolute Gasteiger partial charge is 0.396 e. The van der Waals surface area contributed by atoms with Gasteiger partial charge in [-0.3, -0.25) is 10.2 Å². The van der Waals surface area contributed by atoms with Crippen molar-refractivity contribution in [2.24, 2.45) is 5.41 Å². The second-order valence-corrected chi connectivity index (χ2v) is 9.90. The number of aliphatic hydroxyl groups excluding tert-OH is 1. The number of carbonyl (C=O) groups excluding carboxylic acids is 1. The van der Waals surface area contributed by atoms with Crippen LogP contribution in [0.1, 0.15) is 69.1 Å². The fraction of sp³-hybridized carbons (Fsp3) is 0.583. The molecule has 0 saturated heterocycles. The molecule has 190 valence electrons.